The van der Waals surface area contributed by atoms with Crippen LogP contribution in [-0.2, 0) is 4.79 Å². The molecule has 1 N–H and O–H groups in total. The average Bonchev–Trinajstić information content (AvgIpc) is 2.78. The molecular weight excluding hydrogens is 398 g/mol. The molecule has 1 saturated heterocycles. The number of amides is 1. The zero-order chi connectivity index (χ0) is 20.7. The molecule has 2 heterocycles. The third kappa shape index (κ3) is 3.28. The van der Waals surface area contributed by atoms with Crippen LogP contribution in [0.3, 0.4) is 0 Å². The van der Waals surface area contributed by atoms with Crippen molar-refractivity contribution < 1.29 is 9.59 Å². The Morgan fingerprint density at radius 1 is 1.07 bits per heavy atom. The molecule has 0 unspecified atom stereocenters. The van der Waals surface area contributed by atoms with Crippen molar-refractivity contribution in [1.29, 1.82) is 0 Å². The summed E-state index contributed by atoms with van der Waals surface area (Å²) in [6, 6.07) is 11.0. The number of benzene rings is 2. The van der Waals surface area contributed by atoms with Crippen molar-refractivity contribution in [2.45, 2.75) is 25.7 Å². The predicted molar refractivity (Wildman–Crippen MR) is 119 cm³/mol. The first kappa shape index (κ1) is 19.2. The number of carbonyl (C=O) groups is 2. The van der Waals surface area contributed by atoms with Crippen molar-refractivity contribution >= 4 is 39.8 Å². The van der Waals surface area contributed by atoms with E-state index in [2.05, 4.69) is 15.2 Å². The summed E-state index contributed by atoms with van der Waals surface area (Å²) in [5.74, 6) is -0.175. The highest BCUT2D eigenvalue weighted by Crippen LogP contribution is 2.44. The van der Waals surface area contributed by atoms with Gasteiger partial charge in [0.2, 0.25) is 5.91 Å². The van der Waals surface area contributed by atoms with E-state index in [1.54, 1.807) is 18.3 Å². The summed E-state index contributed by atoms with van der Waals surface area (Å²) in [7, 11) is 0. The standard InChI is InChI=1S/C24H22ClN3O2/c25-18-8-7-17-21(22(18)27-19(29)10-14-28-12-2-1-3-13-28)23-20-15(9-11-26-23)5-4-6-16(20)24(17)30/h4-9,11H,1-3,10,12-14H2,(H,27,29). The van der Waals surface area contributed by atoms with E-state index < -0.39 is 0 Å². The molecule has 0 radical (unpaired) electrons. The summed E-state index contributed by atoms with van der Waals surface area (Å²) >= 11 is 6.50. The minimum atomic E-state index is -0.102. The van der Waals surface area contributed by atoms with E-state index in [0.717, 1.165) is 30.4 Å². The first-order chi connectivity index (χ1) is 14.6. The zero-order valence-electron chi connectivity index (χ0n) is 16.6. The predicted octanol–water partition coefficient (Wildman–Crippen LogP) is 4.91. The molecule has 5 rings (SSSR count). The lowest BCUT2D eigenvalue weighted by atomic mass is 9.85. The van der Waals surface area contributed by atoms with Crippen LogP contribution in [0, 0.1) is 0 Å². The maximum Gasteiger partial charge on any atom is 0.225 e. The van der Waals surface area contributed by atoms with Gasteiger partial charge in [0, 0.05) is 41.2 Å². The quantitative estimate of drug-likeness (QED) is 0.510. The van der Waals surface area contributed by atoms with Crippen LogP contribution in [0.5, 0.6) is 0 Å². The topological polar surface area (TPSA) is 62.3 Å². The van der Waals surface area contributed by atoms with Crippen LogP contribution >= 0.6 is 11.6 Å². The van der Waals surface area contributed by atoms with Crippen LogP contribution in [0.2, 0.25) is 5.02 Å². The molecule has 1 aliphatic carbocycles. The SMILES string of the molecule is O=C(CCN1CCCCC1)Nc1c(Cl)ccc2c1-c1nccc3cccc(c13)C2=O. The third-order valence-electron chi connectivity index (χ3n) is 6.04. The Balaban J connectivity index is 1.51. The number of rotatable bonds is 4. The molecule has 1 amide bonds. The summed E-state index contributed by atoms with van der Waals surface area (Å²) in [5, 5.41) is 5.14. The highest BCUT2D eigenvalue weighted by Gasteiger charge is 2.29. The molecule has 6 heteroatoms. The summed E-state index contributed by atoms with van der Waals surface area (Å²) in [6.07, 6.45) is 5.77. The molecule has 152 valence electrons. The fourth-order valence-corrected chi connectivity index (χ4v) is 4.74. The lowest BCUT2D eigenvalue weighted by Crippen LogP contribution is -2.32. The molecule has 1 aromatic heterocycles. The fourth-order valence-electron chi connectivity index (χ4n) is 4.53. The molecule has 3 aromatic rings. The number of halogens is 1. The number of piperidine rings is 1. The van der Waals surface area contributed by atoms with Crippen molar-refractivity contribution in [3.63, 3.8) is 0 Å². The van der Waals surface area contributed by atoms with Gasteiger partial charge in [-0.1, -0.05) is 36.2 Å². The number of likely N-dealkylation sites (tertiary alicyclic amines) is 1. The monoisotopic (exact) mass is 419 g/mol. The Kier molecular flexibility index (Phi) is 5.01. The largest absolute Gasteiger partial charge is 0.324 e. The van der Waals surface area contributed by atoms with E-state index in [4.69, 9.17) is 11.6 Å². The van der Waals surface area contributed by atoms with Gasteiger partial charge in [0.1, 0.15) is 0 Å². The summed E-state index contributed by atoms with van der Waals surface area (Å²) < 4.78 is 0. The number of aromatic nitrogens is 1. The second-order valence-corrected chi connectivity index (χ2v) is 8.34. The van der Waals surface area contributed by atoms with Gasteiger partial charge in [-0.05, 0) is 49.5 Å². The first-order valence-corrected chi connectivity index (χ1v) is 10.8. The van der Waals surface area contributed by atoms with Crippen LogP contribution in [0.4, 0.5) is 5.69 Å². The van der Waals surface area contributed by atoms with Gasteiger partial charge in [0.25, 0.3) is 0 Å². The molecule has 1 fully saturated rings. The fraction of sp³-hybridized carbons (Fsp3) is 0.292. The van der Waals surface area contributed by atoms with E-state index in [9.17, 15) is 9.59 Å². The maximum absolute atomic E-state index is 13.2. The van der Waals surface area contributed by atoms with E-state index in [0.29, 0.717) is 39.5 Å². The Bertz CT molecular complexity index is 1160. The van der Waals surface area contributed by atoms with Crippen LogP contribution in [0.1, 0.15) is 41.6 Å². The summed E-state index contributed by atoms with van der Waals surface area (Å²) in [6.45, 7) is 2.83. The molecule has 0 atom stereocenters. The second kappa shape index (κ2) is 7.82. The van der Waals surface area contributed by atoms with E-state index >= 15 is 0 Å². The van der Waals surface area contributed by atoms with Crippen molar-refractivity contribution in [3.05, 3.63) is 58.7 Å². The number of fused-ring (bicyclic) bond motifs is 2. The molecule has 5 nitrogen and oxygen atoms in total. The van der Waals surface area contributed by atoms with Gasteiger partial charge < -0.3 is 10.2 Å². The first-order valence-electron chi connectivity index (χ1n) is 10.4. The number of ketones is 1. The van der Waals surface area contributed by atoms with Gasteiger partial charge in [-0.2, -0.15) is 0 Å². The van der Waals surface area contributed by atoms with E-state index in [1.165, 1.54) is 19.3 Å². The van der Waals surface area contributed by atoms with E-state index in [1.807, 2.05) is 24.3 Å². The van der Waals surface area contributed by atoms with Gasteiger partial charge in [0.15, 0.2) is 5.78 Å². The third-order valence-corrected chi connectivity index (χ3v) is 6.35. The maximum atomic E-state index is 13.2. The average molecular weight is 420 g/mol. The van der Waals surface area contributed by atoms with Gasteiger partial charge in [0.05, 0.1) is 16.4 Å². The number of nitrogens with one attached hydrogen (secondary N) is 1. The minimum absolute atomic E-state index is 0.0726. The number of hydrogen-bond donors (Lipinski definition) is 1. The van der Waals surface area contributed by atoms with Gasteiger partial charge in [-0.25, -0.2) is 0 Å². The molecule has 0 spiro atoms. The molecule has 2 aliphatic rings. The lowest BCUT2D eigenvalue weighted by molar-refractivity contribution is -0.116. The number of anilines is 1. The van der Waals surface area contributed by atoms with Crippen LogP contribution in [0.15, 0.2) is 42.6 Å². The van der Waals surface area contributed by atoms with Crippen LogP contribution in [0.25, 0.3) is 22.0 Å². The lowest BCUT2D eigenvalue weighted by Gasteiger charge is -2.26. The van der Waals surface area contributed by atoms with Crippen LogP contribution in [-0.4, -0.2) is 41.2 Å². The number of carbonyl (C=O) groups excluding carboxylic acids is 2. The number of nitrogens with zero attached hydrogens (tertiary/aromatic N) is 2. The zero-order valence-corrected chi connectivity index (χ0v) is 17.3. The van der Waals surface area contributed by atoms with Crippen molar-refractivity contribution in [1.82, 2.24) is 9.88 Å². The Labute approximate surface area is 180 Å². The van der Waals surface area contributed by atoms with Gasteiger partial charge in [-0.3, -0.25) is 14.6 Å². The molecule has 2 aromatic carbocycles. The number of pyridine rings is 1. The smallest absolute Gasteiger partial charge is 0.225 e. The van der Waals surface area contributed by atoms with Gasteiger partial charge >= 0.3 is 0 Å². The van der Waals surface area contributed by atoms with Gasteiger partial charge in [-0.15, -0.1) is 0 Å². The van der Waals surface area contributed by atoms with Crippen molar-refractivity contribution in [3.8, 4) is 11.3 Å². The molecular formula is C24H22ClN3O2. The molecule has 0 saturated carbocycles. The van der Waals surface area contributed by atoms with E-state index in [-0.39, 0.29) is 11.7 Å². The second-order valence-electron chi connectivity index (χ2n) is 7.94. The Morgan fingerprint density at radius 3 is 2.73 bits per heavy atom. The minimum Gasteiger partial charge on any atom is -0.324 e. The summed E-state index contributed by atoms with van der Waals surface area (Å²) in [5.41, 5.74) is 2.92. The summed E-state index contributed by atoms with van der Waals surface area (Å²) in [4.78, 5) is 32.8. The van der Waals surface area contributed by atoms with Crippen molar-refractivity contribution in [2.75, 3.05) is 25.0 Å². The Morgan fingerprint density at radius 2 is 1.90 bits per heavy atom. The highest BCUT2D eigenvalue weighted by molar-refractivity contribution is 6.36. The highest BCUT2D eigenvalue weighted by atomic mass is 35.5. The Hall–Kier alpha value is -2.76. The van der Waals surface area contributed by atoms with Crippen LogP contribution < -0.4 is 5.32 Å². The van der Waals surface area contributed by atoms with Crippen molar-refractivity contribution in [2.24, 2.45) is 0 Å². The molecule has 0 bridgehead atoms. The molecule has 30 heavy (non-hydrogen) atoms. The normalized spacial score (nSPS) is 15.8. The number of hydrogen-bond acceptors (Lipinski definition) is 4. The molecule has 1 aliphatic heterocycles.